The van der Waals surface area contributed by atoms with Gasteiger partial charge in [0.15, 0.2) is 7.11 Å². The minimum Gasteiger partial charge on any atom is -0.466 e. The highest BCUT2D eigenvalue weighted by Gasteiger charge is 1.98. The Kier molecular flexibility index (Phi) is 2.77. The van der Waals surface area contributed by atoms with E-state index in [0.717, 1.165) is 5.57 Å². The molecule has 0 aliphatic carbocycles. The van der Waals surface area contributed by atoms with Crippen LogP contribution in [0.2, 0.25) is 0 Å². The fraction of sp³-hybridized carbons (Fsp3) is 0.333. The van der Waals surface area contributed by atoms with Gasteiger partial charge < -0.3 is 9.16 Å². The van der Waals surface area contributed by atoms with Crippen molar-refractivity contribution in [3.63, 3.8) is 0 Å². The highest BCUT2D eigenvalue weighted by molar-refractivity contribution is 5.87. The molecule has 0 aromatic carbocycles. The van der Waals surface area contributed by atoms with E-state index in [4.69, 9.17) is 4.74 Å². The Labute approximate surface area is 49.5 Å². The van der Waals surface area contributed by atoms with E-state index in [1.807, 2.05) is 0 Å². The topological polar surface area (TPSA) is 20.5 Å². The summed E-state index contributed by atoms with van der Waals surface area (Å²) in [6.45, 7) is 5.35. The second-order valence-corrected chi connectivity index (χ2v) is 1.42. The van der Waals surface area contributed by atoms with Gasteiger partial charge in [-0.1, -0.05) is 0 Å². The number of rotatable bonds is 1. The molecule has 0 fully saturated rings. The maximum Gasteiger partial charge on any atom is 0.364 e. The van der Waals surface area contributed by atoms with Gasteiger partial charge in [-0.2, -0.15) is 0 Å². The molecular formula is C6H10O2. The zero-order chi connectivity index (χ0) is 6.57. The first-order chi connectivity index (χ1) is 3.72. The van der Waals surface area contributed by atoms with E-state index in [2.05, 4.69) is 18.1 Å². The van der Waals surface area contributed by atoms with E-state index < -0.39 is 0 Å². The normalized spacial score (nSPS) is 11.0. The molecular weight excluding hydrogens is 104 g/mol. The quantitative estimate of drug-likeness (QED) is 0.216. The zero-order valence-electron chi connectivity index (χ0n) is 5.23. The Morgan fingerprint density at radius 2 is 2.25 bits per heavy atom. The molecule has 0 heterocycles. The number of carbonyl (C=O) groups excluding carboxylic acids is 1. The van der Waals surface area contributed by atoms with Crippen molar-refractivity contribution in [3.8, 4) is 0 Å². The molecule has 0 bridgehead atoms. The second kappa shape index (κ2) is 3.13. The molecule has 0 rings (SSSR count). The first-order valence-electron chi connectivity index (χ1n) is 2.21. The van der Waals surface area contributed by atoms with Gasteiger partial charge in [0.1, 0.15) is 0 Å². The van der Waals surface area contributed by atoms with Crippen molar-refractivity contribution in [3.05, 3.63) is 19.3 Å². The van der Waals surface area contributed by atoms with Crippen LogP contribution in [0.15, 0.2) is 12.2 Å². The van der Waals surface area contributed by atoms with Crippen LogP contribution >= 0.6 is 0 Å². The van der Waals surface area contributed by atoms with Gasteiger partial charge in [-0.05, 0) is 6.92 Å². The summed E-state index contributed by atoms with van der Waals surface area (Å²) >= 11 is 0. The summed E-state index contributed by atoms with van der Waals surface area (Å²) in [6, 6.07) is 0. The maximum atomic E-state index is 4.69. The fourth-order valence-corrected chi connectivity index (χ4v) is 0.356. The van der Waals surface area contributed by atoms with E-state index in [-0.39, 0.29) is 0 Å². The van der Waals surface area contributed by atoms with E-state index in [1.54, 1.807) is 6.92 Å². The van der Waals surface area contributed by atoms with E-state index >= 15 is 0 Å². The first kappa shape index (κ1) is 7.08. The van der Waals surface area contributed by atoms with Gasteiger partial charge in [0.25, 0.3) is 0 Å². The number of hydrogen-bond donors (Lipinski definition) is 0. The van der Waals surface area contributed by atoms with Crippen LogP contribution in [0.25, 0.3) is 0 Å². The van der Waals surface area contributed by atoms with Crippen LogP contribution in [-0.4, -0.2) is 13.1 Å². The SMILES string of the molecule is C=C(C)/C(OC)=[O+]/[CH2-]. The van der Waals surface area contributed by atoms with Gasteiger partial charge in [0.2, 0.25) is 0 Å². The molecule has 0 aliphatic rings. The predicted octanol–water partition coefficient (Wildman–Crippen LogP) is 1.06. The molecule has 0 radical (unpaired) electrons. The van der Waals surface area contributed by atoms with Gasteiger partial charge in [-0.15, -0.1) is 6.58 Å². The van der Waals surface area contributed by atoms with Gasteiger partial charge in [-0.25, -0.2) is 0 Å². The molecule has 46 valence electrons. The molecule has 0 aliphatic heterocycles. The summed E-state index contributed by atoms with van der Waals surface area (Å²) in [5.41, 5.74) is 0.738. The Morgan fingerprint density at radius 3 is 2.25 bits per heavy atom. The summed E-state index contributed by atoms with van der Waals surface area (Å²) in [7, 11) is 4.66. The van der Waals surface area contributed by atoms with Crippen molar-refractivity contribution in [2.45, 2.75) is 6.92 Å². The van der Waals surface area contributed by atoms with Crippen LogP contribution in [-0.2, 0) is 9.16 Å². The van der Waals surface area contributed by atoms with Gasteiger partial charge >= 0.3 is 5.97 Å². The Morgan fingerprint density at radius 1 is 1.75 bits per heavy atom. The third-order valence-electron chi connectivity index (χ3n) is 0.665. The van der Waals surface area contributed by atoms with Crippen molar-refractivity contribution in [2.75, 3.05) is 7.11 Å². The highest BCUT2D eigenvalue weighted by atomic mass is 16.6. The fourth-order valence-electron chi connectivity index (χ4n) is 0.356. The third-order valence-corrected chi connectivity index (χ3v) is 0.665. The number of methoxy groups -OCH3 is 1. The lowest BCUT2D eigenvalue weighted by atomic mass is 10.4. The predicted molar refractivity (Wildman–Crippen MR) is 32.2 cm³/mol. The van der Waals surface area contributed by atoms with Crippen molar-refractivity contribution in [2.24, 2.45) is 0 Å². The van der Waals surface area contributed by atoms with Gasteiger partial charge in [-0.3, -0.25) is 0 Å². The second-order valence-electron chi connectivity index (χ2n) is 1.42. The van der Waals surface area contributed by atoms with E-state index in [1.165, 1.54) is 7.11 Å². The molecule has 8 heavy (non-hydrogen) atoms. The summed E-state index contributed by atoms with van der Waals surface area (Å²) in [5, 5.41) is 0. The minimum absolute atomic E-state index is 0.380. The maximum absolute atomic E-state index is 4.69. The molecule has 0 saturated heterocycles. The van der Waals surface area contributed by atoms with Crippen LogP contribution in [0.3, 0.4) is 0 Å². The van der Waals surface area contributed by atoms with Crippen LogP contribution in [0.1, 0.15) is 6.92 Å². The Bertz CT molecular complexity index is 114. The molecule has 0 amide bonds. The molecule has 2 nitrogen and oxygen atoms in total. The summed E-state index contributed by atoms with van der Waals surface area (Å²) in [6.07, 6.45) is 0. The van der Waals surface area contributed by atoms with Crippen molar-refractivity contribution < 1.29 is 9.16 Å². The summed E-state index contributed by atoms with van der Waals surface area (Å²) in [4.78, 5) is 0. The Balaban J connectivity index is 3.92. The van der Waals surface area contributed by atoms with Crippen molar-refractivity contribution >= 4 is 5.97 Å². The monoisotopic (exact) mass is 114 g/mol. The number of hydrogen-bond acceptors (Lipinski definition) is 1. The van der Waals surface area contributed by atoms with Gasteiger partial charge in [0.05, 0.1) is 0 Å². The van der Waals surface area contributed by atoms with Crippen molar-refractivity contribution in [1.82, 2.24) is 0 Å². The third kappa shape index (κ3) is 1.69. The zero-order valence-corrected chi connectivity index (χ0v) is 5.23. The lowest BCUT2D eigenvalue weighted by Crippen LogP contribution is -2.02. The number of ether oxygens (including phenoxy) is 1. The highest BCUT2D eigenvalue weighted by Crippen LogP contribution is 1.89. The van der Waals surface area contributed by atoms with Crippen LogP contribution in [0, 0.1) is 7.11 Å². The average Bonchev–Trinajstić information content (AvgIpc) is 1.69. The molecule has 0 aromatic heterocycles. The van der Waals surface area contributed by atoms with Crippen LogP contribution < -0.4 is 0 Å². The molecule has 2 heteroatoms. The minimum atomic E-state index is 0.380. The lowest BCUT2D eigenvalue weighted by Gasteiger charge is -1.95. The van der Waals surface area contributed by atoms with Crippen LogP contribution in [0.5, 0.6) is 0 Å². The summed E-state index contributed by atoms with van der Waals surface area (Å²) < 4.78 is 9.20. The molecule has 0 unspecified atom stereocenters. The van der Waals surface area contributed by atoms with Crippen molar-refractivity contribution in [1.29, 1.82) is 0 Å². The smallest absolute Gasteiger partial charge is 0.364 e. The van der Waals surface area contributed by atoms with Gasteiger partial charge in [0, 0.05) is 12.7 Å². The largest absolute Gasteiger partial charge is 0.466 e. The summed E-state index contributed by atoms with van der Waals surface area (Å²) in [5.74, 6) is 0.380. The standard InChI is InChI=1S/C6H10O2/c1-5(2)6(7-3)8-4/h1,3H2,2,4H3. The molecule has 0 aromatic rings. The molecule has 0 saturated carbocycles. The molecule has 0 N–H and O–H groups in total. The lowest BCUT2D eigenvalue weighted by molar-refractivity contribution is -0.393. The molecule has 0 atom stereocenters. The average molecular weight is 114 g/mol. The van der Waals surface area contributed by atoms with E-state index in [9.17, 15) is 0 Å². The van der Waals surface area contributed by atoms with E-state index in [0.29, 0.717) is 5.97 Å². The van der Waals surface area contributed by atoms with Crippen LogP contribution in [0.4, 0.5) is 0 Å². The molecule has 0 spiro atoms. The number of esters is 1. The Hall–Kier alpha value is -0.920. The first-order valence-corrected chi connectivity index (χ1v) is 2.21.